The Morgan fingerprint density at radius 1 is 1.27 bits per heavy atom. The van der Waals surface area contributed by atoms with Gasteiger partial charge in [-0.3, -0.25) is 4.79 Å². The number of nitrogens with zero attached hydrogens (tertiary/aromatic N) is 1. The van der Waals surface area contributed by atoms with Gasteiger partial charge in [-0.25, -0.2) is 4.98 Å². The van der Waals surface area contributed by atoms with Crippen LogP contribution in [0.2, 0.25) is 5.02 Å². The normalized spacial score (nSPS) is 13.7. The minimum absolute atomic E-state index is 0.0348. The van der Waals surface area contributed by atoms with Crippen molar-refractivity contribution in [2.24, 2.45) is 0 Å². The van der Waals surface area contributed by atoms with Crippen LogP contribution in [0.1, 0.15) is 29.8 Å². The number of carbonyl (C=O) groups excluding carboxylic acids is 1. The number of thiazole rings is 1. The van der Waals surface area contributed by atoms with E-state index >= 15 is 0 Å². The Morgan fingerprint density at radius 2 is 2.05 bits per heavy atom. The number of aromatic nitrogens is 1. The van der Waals surface area contributed by atoms with Crippen molar-refractivity contribution in [3.63, 3.8) is 0 Å². The van der Waals surface area contributed by atoms with Gasteiger partial charge in [0.2, 0.25) is 5.91 Å². The van der Waals surface area contributed by atoms with Gasteiger partial charge >= 0.3 is 0 Å². The van der Waals surface area contributed by atoms with Crippen LogP contribution in [-0.4, -0.2) is 16.6 Å². The molecule has 0 saturated carbocycles. The molecule has 0 saturated heterocycles. The number of amides is 1. The fourth-order valence-corrected chi connectivity index (χ4v) is 4.42. The average Bonchev–Trinajstić information content (AvgIpc) is 2.91. The second-order valence-electron chi connectivity index (χ2n) is 5.20. The lowest BCUT2D eigenvalue weighted by Crippen LogP contribution is -2.12. The van der Waals surface area contributed by atoms with Gasteiger partial charge in [0.15, 0.2) is 5.13 Å². The van der Waals surface area contributed by atoms with Gasteiger partial charge in [0.1, 0.15) is 0 Å². The summed E-state index contributed by atoms with van der Waals surface area (Å²) >= 11 is 9.14. The van der Waals surface area contributed by atoms with Gasteiger partial charge in [0.25, 0.3) is 0 Å². The zero-order valence-corrected chi connectivity index (χ0v) is 14.5. The van der Waals surface area contributed by atoms with Crippen LogP contribution in [0.15, 0.2) is 29.2 Å². The highest BCUT2D eigenvalue weighted by molar-refractivity contribution is 7.99. The van der Waals surface area contributed by atoms with Crippen LogP contribution >= 0.6 is 34.7 Å². The van der Waals surface area contributed by atoms with E-state index < -0.39 is 0 Å². The Balaban J connectivity index is 1.46. The van der Waals surface area contributed by atoms with Crippen LogP contribution in [0, 0.1) is 0 Å². The van der Waals surface area contributed by atoms with Crippen molar-refractivity contribution in [2.75, 3.05) is 11.1 Å². The lowest BCUT2D eigenvalue weighted by molar-refractivity contribution is -0.115. The van der Waals surface area contributed by atoms with Crippen LogP contribution in [0.25, 0.3) is 0 Å². The number of hydrogen-bond donors (Lipinski definition) is 1. The summed E-state index contributed by atoms with van der Waals surface area (Å²) in [6.45, 7) is 0. The number of aryl methyl sites for hydroxylation is 2. The van der Waals surface area contributed by atoms with Gasteiger partial charge < -0.3 is 5.32 Å². The Labute approximate surface area is 143 Å². The third-order valence-electron chi connectivity index (χ3n) is 3.50. The number of anilines is 1. The standard InChI is InChI=1S/C16H17ClN2OS2/c17-11-5-7-12(8-6-11)21-10-9-15(20)19-16-18-13-3-1-2-4-14(13)22-16/h5-8H,1-4,9-10H2,(H,18,19,20). The highest BCUT2D eigenvalue weighted by Gasteiger charge is 2.16. The molecule has 6 heteroatoms. The van der Waals surface area contributed by atoms with Crippen LogP contribution in [0.5, 0.6) is 0 Å². The molecule has 22 heavy (non-hydrogen) atoms. The van der Waals surface area contributed by atoms with Crippen molar-refractivity contribution in [3.05, 3.63) is 39.9 Å². The van der Waals surface area contributed by atoms with Crippen molar-refractivity contribution in [1.82, 2.24) is 4.98 Å². The number of hydrogen-bond acceptors (Lipinski definition) is 4. The molecule has 2 aromatic rings. The maximum atomic E-state index is 12.0. The third-order valence-corrected chi connectivity index (χ3v) is 5.84. The molecule has 0 radical (unpaired) electrons. The lowest BCUT2D eigenvalue weighted by Gasteiger charge is -2.06. The topological polar surface area (TPSA) is 42.0 Å². The first-order valence-corrected chi connectivity index (χ1v) is 9.55. The number of fused-ring (bicyclic) bond motifs is 1. The molecule has 1 aliphatic carbocycles. The minimum Gasteiger partial charge on any atom is -0.302 e. The van der Waals surface area contributed by atoms with E-state index in [1.165, 1.54) is 23.4 Å². The SMILES string of the molecule is O=C(CCSc1ccc(Cl)cc1)Nc1nc2c(s1)CCCC2. The molecular formula is C16H17ClN2OS2. The van der Waals surface area contributed by atoms with E-state index in [1.807, 2.05) is 24.3 Å². The van der Waals surface area contributed by atoms with Gasteiger partial charge in [0.05, 0.1) is 5.69 Å². The van der Waals surface area contributed by atoms with E-state index in [9.17, 15) is 4.79 Å². The predicted molar refractivity (Wildman–Crippen MR) is 94.2 cm³/mol. The molecule has 0 bridgehead atoms. The average molecular weight is 353 g/mol. The summed E-state index contributed by atoms with van der Waals surface area (Å²) in [5.41, 5.74) is 1.18. The Bertz CT molecular complexity index is 631. The second-order valence-corrected chi connectivity index (χ2v) is 7.88. The van der Waals surface area contributed by atoms with E-state index in [4.69, 9.17) is 11.6 Å². The molecular weight excluding hydrogens is 336 g/mol. The molecule has 3 nitrogen and oxygen atoms in total. The molecule has 1 N–H and O–H groups in total. The first-order valence-electron chi connectivity index (χ1n) is 7.37. The zero-order valence-electron chi connectivity index (χ0n) is 12.1. The summed E-state index contributed by atoms with van der Waals surface area (Å²) in [5.74, 6) is 0.783. The van der Waals surface area contributed by atoms with E-state index in [0.717, 1.165) is 33.6 Å². The molecule has 1 aromatic carbocycles. The summed E-state index contributed by atoms with van der Waals surface area (Å²) in [4.78, 5) is 19.0. The van der Waals surface area contributed by atoms with Gasteiger partial charge in [-0.05, 0) is 49.9 Å². The molecule has 0 fully saturated rings. The zero-order chi connectivity index (χ0) is 15.4. The Hall–Kier alpha value is -1.04. The third kappa shape index (κ3) is 4.24. The fourth-order valence-electron chi connectivity index (χ4n) is 2.38. The molecule has 3 rings (SSSR count). The van der Waals surface area contributed by atoms with Crippen LogP contribution in [0.4, 0.5) is 5.13 Å². The molecule has 0 unspecified atom stereocenters. The number of nitrogens with one attached hydrogen (secondary N) is 1. The monoisotopic (exact) mass is 352 g/mol. The van der Waals surface area contributed by atoms with Crippen LogP contribution in [-0.2, 0) is 17.6 Å². The highest BCUT2D eigenvalue weighted by Crippen LogP contribution is 2.29. The minimum atomic E-state index is 0.0348. The largest absolute Gasteiger partial charge is 0.302 e. The van der Waals surface area contributed by atoms with Gasteiger partial charge in [-0.1, -0.05) is 11.6 Å². The number of carbonyl (C=O) groups is 1. The predicted octanol–water partition coefficient (Wildman–Crippen LogP) is 4.80. The summed E-state index contributed by atoms with van der Waals surface area (Å²) < 4.78 is 0. The summed E-state index contributed by atoms with van der Waals surface area (Å²) in [5, 5.41) is 4.42. The van der Waals surface area contributed by atoms with Gasteiger partial charge in [0, 0.05) is 27.0 Å². The summed E-state index contributed by atoms with van der Waals surface area (Å²) in [6, 6.07) is 7.67. The first-order chi connectivity index (χ1) is 10.7. The van der Waals surface area contributed by atoms with E-state index in [0.29, 0.717) is 6.42 Å². The Morgan fingerprint density at radius 3 is 2.82 bits per heavy atom. The maximum absolute atomic E-state index is 12.0. The molecule has 0 aliphatic heterocycles. The number of rotatable bonds is 5. The van der Waals surface area contributed by atoms with Crippen LogP contribution < -0.4 is 5.32 Å². The highest BCUT2D eigenvalue weighted by atomic mass is 35.5. The van der Waals surface area contributed by atoms with Crippen molar-refractivity contribution in [3.8, 4) is 0 Å². The molecule has 116 valence electrons. The maximum Gasteiger partial charge on any atom is 0.226 e. The molecule has 0 atom stereocenters. The molecule has 1 amide bonds. The number of benzene rings is 1. The molecule has 1 aromatic heterocycles. The first kappa shape index (κ1) is 15.8. The second kappa shape index (κ2) is 7.49. The number of thioether (sulfide) groups is 1. The van der Waals surface area contributed by atoms with Crippen molar-refractivity contribution in [2.45, 2.75) is 37.0 Å². The van der Waals surface area contributed by atoms with Crippen LogP contribution in [0.3, 0.4) is 0 Å². The summed E-state index contributed by atoms with van der Waals surface area (Å²) in [7, 11) is 0. The van der Waals surface area contributed by atoms with Gasteiger partial charge in [-0.15, -0.1) is 23.1 Å². The quantitative estimate of drug-likeness (QED) is 0.786. The van der Waals surface area contributed by atoms with Gasteiger partial charge in [-0.2, -0.15) is 0 Å². The van der Waals surface area contributed by atoms with E-state index in [2.05, 4.69) is 10.3 Å². The van der Waals surface area contributed by atoms with Crippen molar-refractivity contribution < 1.29 is 4.79 Å². The molecule has 1 heterocycles. The molecule has 0 spiro atoms. The van der Waals surface area contributed by atoms with Crippen molar-refractivity contribution >= 4 is 45.7 Å². The van der Waals surface area contributed by atoms with Crippen molar-refractivity contribution in [1.29, 1.82) is 0 Å². The molecule has 1 aliphatic rings. The van der Waals surface area contributed by atoms with E-state index in [-0.39, 0.29) is 5.91 Å². The summed E-state index contributed by atoms with van der Waals surface area (Å²) in [6.07, 6.45) is 5.09. The Kier molecular flexibility index (Phi) is 5.39. The smallest absolute Gasteiger partial charge is 0.226 e. The van der Waals surface area contributed by atoms with E-state index in [1.54, 1.807) is 23.1 Å². The lowest BCUT2D eigenvalue weighted by atomic mass is 10.0. The fraction of sp³-hybridized carbons (Fsp3) is 0.375. The number of halogens is 1.